The van der Waals surface area contributed by atoms with Gasteiger partial charge in [0.15, 0.2) is 0 Å². The van der Waals surface area contributed by atoms with Crippen LogP contribution >= 0.6 is 0 Å². The molecule has 0 amide bonds. The quantitative estimate of drug-likeness (QED) is 0.687. The molecule has 0 bridgehead atoms. The Labute approximate surface area is 153 Å². The van der Waals surface area contributed by atoms with Crippen molar-refractivity contribution in [3.05, 3.63) is 48.5 Å². The van der Waals surface area contributed by atoms with Gasteiger partial charge in [0.2, 0.25) is 5.95 Å². The smallest absolute Gasteiger partial charge is 0.354 e. The van der Waals surface area contributed by atoms with Gasteiger partial charge in [-0.2, -0.15) is 13.2 Å². The maximum atomic E-state index is 12.9. The number of pyridine rings is 2. The van der Waals surface area contributed by atoms with Crippen molar-refractivity contribution in [2.75, 3.05) is 36.0 Å². The van der Waals surface area contributed by atoms with E-state index in [0.717, 1.165) is 25.6 Å². The van der Waals surface area contributed by atoms with Gasteiger partial charge in [-0.05, 0) is 30.7 Å². The van der Waals surface area contributed by atoms with Gasteiger partial charge in [-0.3, -0.25) is 0 Å². The van der Waals surface area contributed by atoms with Gasteiger partial charge < -0.3 is 9.80 Å². The van der Waals surface area contributed by atoms with Crippen LogP contribution < -0.4 is 9.80 Å². The fourth-order valence-electron chi connectivity index (χ4n) is 3.23. The number of halogens is 3. The molecule has 0 saturated carbocycles. The van der Waals surface area contributed by atoms with Gasteiger partial charge in [0.25, 0.3) is 0 Å². The first-order valence-corrected chi connectivity index (χ1v) is 8.62. The highest BCUT2D eigenvalue weighted by Crippen LogP contribution is 2.31. The van der Waals surface area contributed by atoms with E-state index < -0.39 is 11.9 Å². The molecule has 140 valence electrons. The Morgan fingerprint density at radius 3 is 2.33 bits per heavy atom. The second-order valence-corrected chi connectivity index (χ2v) is 6.27. The number of rotatable bonds is 2. The SMILES string of the molecule is FC(F)(F)c1ccc2c(N3CCCN(c4ncccn4)CC3)nccc2n1. The summed E-state index contributed by atoms with van der Waals surface area (Å²) in [5, 5.41) is 0.620. The zero-order valence-electron chi connectivity index (χ0n) is 14.4. The molecule has 4 rings (SSSR count). The molecule has 0 radical (unpaired) electrons. The monoisotopic (exact) mass is 374 g/mol. The molecule has 3 aromatic rings. The first-order chi connectivity index (χ1) is 13.0. The van der Waals surface area contributed by atoms with Crippen molar-refractivity contribution in [2.24, 2.45) is 0 Å². The molecule has 0 aliphatic carbocycles. The van der Waals surface area contributed by atoms with Crippen molar-refractivity contribution >= 4 is 22.7 Å². The van der Waals surface area contributed by atoms with Crippen molar-refractivity contribution in [1.82, 2.24) is 19.9 Å². The van der Waals surface area contributed by atoms with Crippen LogP contribution in [0.2, 0.25) is 0 Å². The van der Waals surface area contributed by atoms with Gasteiger partial charge in [0.05, 0.1) is 5.52 Å². The van der Waals surface area contributed by atoms with Crippen molar-refractivity contribution in [1.29, 1.82) is 0 Å². The normalized spacial score (nSPS) is 15.8. The lowest BCUT2D eigenvalue weighted by molar-refractivity contribution is -0.140. The highest BCUT2D eigenvalue weighted by Gasteiger charge is 2.32. The van der Waals surface area contributed by atoms with Crippen molar-refractivity contribution in [2.45, 2.75) is 12.6 Å². The van der Waals surface area contributed by atoms with Gasteiger partial charge in [0, 0.05) is 50.2 Å². The van der Waals surface area contributed by atoms with E-state index in [9.17, 15) is 13.2 Å². The average Bonchev–Trinajstić information content (AvgIpc) is 2.93. The Morgan fingerprint density at radius 1 is 0.815 bits per heavy atom. The summed E-state index contributed by atoms with van der Waals surface area (Å²) in [5.74, 6) is 1.34. The number of hydrogen-bond donors (Lipinski definition) is 0. The van der Waals surface area contributed by atoms with Crippen LogP contribution in [-0.2, 0) is 6.18 Å². The summed E-state index contributed by atoms with van der Waals surface area (Å²) in [5.41, 5.74) is -0.599. The summed E-state index contributed by atoms with van der Waals surface area (Å²) >= 11 is 0. The second-order valence-electron chi connectivity index (χ2n) is 6.27. The van der Waals surface area contributed by atoms with E-state index in [1.807, 2.05) is 0 Å². The van der Waals surface area contributed by atoms with E-state index >= 15 is 0 Å². The van der Waals surface area contributed by atoms with Crippen molar-refractivity contribution in [3.63, 3.8) is 0 Å². The first kappa shape index (κ1) is 17.4. The molecule has 0 unspecified atom stereocenters. The predicted octanol–water partition coefficient (Wildman–Crippen LogP) is 3.16. The summed E-state index contributed by atoms with van der Waals surface area (Å²) in [6.07, 6.45) is 1.33. The summed E-state index contributed by atoms with van der Waals surface area (Å²) in [6.45, 7) is 2.93. The third-order valence-electron chi connectivity index (χ3n) is 4.52. The molecule has 0 N–H and O–H groups in total. The fraction of sp³-hybridized carbons (Fsp3) is 0.333. The molecule has 1 saturated heterocycles. The third-order valence-corrected chi connectivity index (χ3v) is 4.52. The zero-order valence-corrected chi connectivity index (χ0v) is 14.4. The molecule has 0 atom stereocenters. The third kappa shape index (κ3) is 3.62. The van der Waals surface area contributed by atoms with Gasteiger partial charge in [-0.15, -0.1) is 0 Å². The fourth-order valence-corrected chi connectivity index (χ4v) is 3.23. The summed E-state index contributed by atoms with van der Waals surface area (Å²) in [6, 6.07) is 5.75. The molecule has 27 heavy (non-hydrogen) atoms. The standard InChI is InChI=1S/C18H17F3N6/c19-18(20,21)15-4-3-13-14(25-15)5-8-22-16(13)26-9-2-10-27(12-11-26)17-23-6-1-7-24-17/h1,3-8H,2,9-12H2. The van der Waals surface area contributed by atoms with Crippen LogP contribution in [0.3, 0.4) is 0 Å². The van der Waals surface area contributed by atoms with Crippen molar-refractivity contribution in [3.8, 4) is 0 Å². The van der Waals surface area contributed by atoms with E-state index in [1.165, 1.54) is 18.3 Å². The molecule has 4 heterocycles. The number of hydrogen-bond acceptors (Lipinski definition) is 6. The van der Waals surface area contributed by atoms with Crippen LogP contribution in [0, 0.1) is 0 Å². The second kappa shape index (κ2) is 6.98. The molecule has 3 aromatic heterocycles. The maximum absolute atomic E-state index is 12.9. The average molecular weight is 374 g/mol. The summed E-state index contributed by atoms with van der Waals surface area (Å²) in [4.78, 5) is 20.9. The van der Waals surface area contributed by atoms with Crippen LogP contribution in [0.25, 0.3) is 10.9 Å². The van der Waals surface area contributed by atoms with E-state index in [1.54, 1.807) is 18.5 Å². The predicted molar refractivity (Wildman–Crippen MR) is 95.6 cm³/mol. The van der Waals surface area contributed by atoms with Gasteiger partial charge >= 0.3 is 6.18 Å². The van der Waals surface area contributed by atoms with Gasteiger partial charge in [0.1, 0.15) is 11.5 Å². The zero-order chi connectivity index (χ0) is 18.9. The largest absolute Gasteiger partial charge is 0.433 e. The minimum atomic E-state index is -4.46. The molecule has 0 spiro atoms. The Kier molecular flexibility index (Phi) is 4.51. The molecule has 0 aromatic carbocycles. The molecule has 6 nitrogen and oxygen atoms in total. The van der Waals surface area contributed by atoms with E-state index in [2.05, 4.69) is 29.7 Å². The van der Waals surface area contributed by atoms with E-state index in [0.29, 0.717) is 35.8 Å². The van der Waals surface area contributed by atoms with Crippen molar-refractivity contribution < 1.29 is 13.2 Å². The Balaban J connectivity index is 1.61. The lowest BCUT2D eigenvalue weighted by Crippen LogP contribution is -2.32. The maximum Gasteiger partial charge on any atom is 0.433 e. The number of aromatic nitrogens is 4. The highest BCUT2D eigenvalue weighted by molar-refractivity contribution is 5.89. The van der Waals surface area contributed by atoms with Crippen LogP contribution in [0.1, 0.15) is 12.1 Å². The molecular formula is C18H17F3N6. The Morgan fingerprint density at radius 2 is 1.56 bits per heavy atom. The van der Waals surface area contributed by atoms with Crippen LogP contribution in [0.15, 0.2) is 42.9 Å². The highest BCUT2D eigenvalue weighted by atomic mass is 19.4. The molecule has 1 aliphatic heterocycles. The van der Waals surface area contributed by atoms with Gasteiger partial charge in [-0.25, -0.2) is 19.9 Å². The summed E-state index contributed by atoms with van der Waals surface area (Å²) < 4.78 is 38.8. The van der Waals surface area contributed by atoms with E-state index in [-0.39, 0.29) is 0 Å². The number of alkyl halides is 3. The molecule has 1 aliphatic rings. The number of fused-ring (bicyclic) bond motifs is 1. The Bertz CT molecular complexity index is 931. The number of anilines is 2. The van der Waals surface area contributed by atoms with E-state index in [4.69, 9.17) is 0 Å². The minimum Gasteiger partial charge on any atom is -0.354 e. The first-order valence-electron chi connectivity index (χ1n) is 8.62. The van der Waals surface area contributed by atoms with Crippen LogP contribution in [-0.4, -0.2) is 46.1 Å². The number of nitrogens with zero attached hydrogens (tertiary/aromatic N) is 6. The lowest BCUT2D eigenvalue weighted by atomic mass is 10.2. The summed E-state index contributed by atoms with van der Waals surface area (Å²) in [7, 11) is 0. The van der Waals surface area contributed by atoms with Crippen LogP contribution in [0.4, 0.5) is 24.9 Å². The lowest BCUT2D eigenvalue weighted by Gasteiger charge is -2.23. The molecular weight excluding hydrogens is 357 g/mol. The van der Waals surface area contributed by atoms with Crippen LogP contribution in [0.5, 0.6) is 0 Å². The Hall–Kier alpha value is -2.97. The minimum absolute atomic E-state index is 0.294. The topological polar surface area (TPSA) is 58.0 Å². The van der Waals surface area contributed by atoms with Gasteiger partial charge in [-0.1, -0.05) is 0 Å². The molecule has 1 fully saturated rings. The molecule has 9 heteroatoms.